The monoisotopic (exact) mass is 297 g/mol. The standard InChI is InChI=1S/C15H27N3OS/c1-4-16-10-15(5-7-19-8-6-15)11-18(3)9-14-13(2)17-12-20-14/h12,16H,4-11H2,1-3H3. The third kappa shape index (κ3) is 4.25. The van der Waals surface area contributed by atoms with Crippen LogP contribution < -0.4 is 5.32 Å². The van der Waals surface area contributed by atoms with Crippen LogP contribution in [0.3, 0.4) is 0 Å². The molecule has 1 aromatic rings. The Bertz CT molecular complexity index is 402. The van der Waals surface area contributed by atoms with Gasteiger partial charge in [0.15, 0.2) is 0 Å². The lowest BCUT2D eigenvalue weighted by Gasteiger charge is -2.40. The lowest BCUT2D eigenvalue weighted by atomic mass is 9.79. The highest BCUT2D eigenvalue weighted by Crippen LogP contribution is 2.31. The largest absolute Gasteiger partial charge is 0.381 e. The van der Waals surface area contributed by atoms with Crippen molar-refractivity contribution in [3.63, 3.8) is 0 Å². The highest BCUT2D eigenvalue weighted by Gasteiger charge is 2.33. The molecule has 1 N–H and O–H groups in total. The Morgan fingerprint density at radius 3 is 2.80 bits per heavy atom. The molecule has 114 valence electrons. The summed E-state index contributed by atoms with van der Waals surface area (Å²) >= 11 is 1.76. The molecule has 20 heavy (non-hydrogen) atoms. The van der Waals surface area contributed by atoms with Gasteiger partial charge in [0, 0.05) is 37.7 Å². The van der Waals surface area contributed by atoms with Crippen LogP contribution in [0.15, 0.2) is 5.51 Å². The Morgan fingerprint density at radius 1 is 1.45 bits per heavy atom. The number of thiazole rings is 1. The summed E-state index contributed by atoms with van der Waals surface area (Å²) in [5, 5.41) is 3.54. The highest BCUT2D eigenvalue weighted by atomic mass is 32.1. The fraction of sp³-hybridized carbons (Fsp3) is 0.800. The normalized spacial score (nSPS) is 18.6. The Labute approximate surface area is 126 Å². The molecular weight excluding hydrogens is 270 g/mol. The molecule has 0 unspecified atom stereocenters. The van der Waals surface area contributed by atoms with E-state index in [2.05, 4.69) is 36.1 Å². The maximum absolute atomic E-state index is 5.56. The van der Waals surface area contributed by atoms with E-state index in [4.69, 9.17) is 4.74 Å². The van der Waals surface area contributed by atoms with Gasteiger partial charge < -0.3 is 15.0 Å². The van der Waals surface area contributed by atoms with E-state index in [9.17, 15) is 0 Å². The maximum Gasteiger partial charge on any atom is 0.0798 e. The van der Waals surface area contributed by atoms with Gasteiger partial charge in [0.1, 0.15) is 0 Å². The van der Waals surface area contributed by atoms with Crippen molar-refractivity contribution in [3.8, 4) is 0 Å². The molecule has 0 saturated carbocycles. The van der Waals surface area contributed by atoms with Crippen LogP contribution in [0.25, 0.3) is 0 Å². The molecule has 0 aliphatic carbocycles. The van der Waals surface area contributed by atoms with Crippen LogP contribution in [0.5, 0.6) is 0 Å². The van der Waals surface area contributed by atoms with Crippen LogP contribution >= 0.6 is 11.3 Å². The maximum atomic E-state index is 5.56. The van der Waals surface area contributed by atoms with Crippen molar-refractivity contribution in [3.05, 3.63) is 16.1 Å². The van der Waals surface area contributed by atoms with Crippen LogP contribution in [0.4, 0.5) is 0 Å². The van der Waals surface area contributed by atoms with E-state index in [0.29, 0.717) is 5.41 Å². The van der Waals surface area contributed by atoms with Crippen molar-refractivity contribution < 1.29 is 4.74 Å². The second-order valence-corrected chi connectivity index (χ2v) is 6.87. The van der Waals surface area contributed by atoms with Gasteiger partial charge in [-0.1, -0.05) is 6.92 Å². The predicted molar refractivity (Wildman–Crippen MR) is 84.2 cm³/mol. The summed E-state index contributed by atoms with van der Waals surface area (Å²) in [5.74, 6) is 0. The average molecular weight is 297 g/mol. The van der Waals surface area contributed by atoms with Crippen LogP contribution in [0.2, 0.25) is 0 Å². The van der Waals surface area contributed by atoms with Crippen LogP contribution in [-0.4, -0.2) is 49.8 Å². The predicted octanol–water partition coefficient (Wildman–Crippen LogP) is 2.29. The molecular formula is C15H27N3OS. The minimum atomic E-state index is 0.363. The molecule has 1 saturated heterocycles. The van der Waals surface area contributed by atoms with Gasteiger partial charge in [-0.15, -0.1) is 11.3 Å². The number of ether oxygens (including phenoxy) is 1. The van der Waals surface area contributed by atoms with Crippen molar-refractivity contribution in [1.82, 2.24) is 15.2 Å². The van der Waals surface area contributed by atoms with Gasteiger partial charge in [0.2, 0.25) is 0 Å². The van der Waals surface area contributed by atoms with Gasteiger partial charge in [-0.25, -0.2) is 4.98 Å². The van der Waals surface area contributed by atoms with Crippen molar-refractivity contribution in [2.75, 3.05) is 39.9 Å². The van der Waals surface area contributed by atoms with E-state index >= 15 is 0 Å². The van der Waals surface area contributed by atoms with Crippen LogP contribution in [0, 0.1) is 12.3 Å². The molecule has 0 aromatic carbocycles. The van der Waals surface area contributed by atoms with Gasteiger partial charge >= 0.3 is 0 Å². The third-order valence-corrected chi connectivity index (χ3v) is 5.09. The molecule has 1 aliphatic heterocycles. The highest BCUT2D eigenvalue weighted by molar-refractivity contribution is 7.09. The van der Waals surface area contributed by atoms with Gasteiger partial charge in [-0.2, -0.15) is 0 Å². The molecule has 1 aliphatic rings. The number of hydrogen-bond acceptors (Lipinski definition) is 5. The summed E-state index contributed by atoms with van der Waals surface area (Å²) in [6.07, 6.45) is 2.32. The smallest absolute Gasteiger partial charge is 0.0798 e. The molecule has 1 aromatic heterocycles. The fourth-order valence-electron chi connectivity index (χ4n) is 2.94. The first-order chi connectivity index (χ1) is 9.65. The minimum Gasteiger partial charge on any atom is -0.381 e. The van der Waals surface area contributed by atoms with E-state index in [0.717, 1.165) is 52.2 Å². The molecule has 0 bridgehead atoms. The van der Waals surface area contributed by atoms with E-state index in [1.54, 1.807) is 11.3 Å². The molecule has 4 nitrogen and oxygen atoms in total. The summed E-state index contributed by atoms with van der Waals surface area (Å²) in [6, 6.07) is 0. The van der Waals surface area contributed by atoms with Gasteiger partial charge in [0.05, 0.1) is 11.2 Å². The number of nitrogens with one attached hydrogen (secondary N) is 1. The van der Waals surface area contributed by atoms with Crippen LogP contribution in [0.1, 0.15) is 30.3 Å². The summed E-state index contributed by atoms with van der Waals surface area (Å²) in [5.41, 5.74) is 3.48. The molecule has 0 atom stereocenters. The summed E-state index contributed by atoms with van der Waals surface area (Å²) in [7, 11) is 2.22. The van der Waals surface area contributed by atoms with Gasteiger partial charge in [0.25, 0.3) is 0 Å². The third-order valence-electron chi connectivity index (χ3n) is 4.17. The van der Waals surface area contributed by atoms with Gasteiger partial charge in [-0.05, 0) is 38.8 Å². The zero-order valence-corrected chi connectivity index (χ0v) is 13.8. The van der Waals surface area contributed by atoms with E-state index < -0.39 is 0 Å². The quantitative estimate of drug-likeness (QED) is 0.838. The van der Waals surface area contributed by atoms with Gasteiger partial charge in [-0.3, -0.25) is 0 Å². The first-order valence-corrected chi connectivity index (χ1v) is 8.39. The second kappa shape index (κ2) is 7.50. The first kappa shape index (κ1) is 15.9. The second-order valence-electron chi connectivity index (χ2n) is 5.93. The minimum absolute atomic E-state index is 0.363. The summed E-state index contributed by atoms with van der Waals surface area (Å²) in [6.45, 7) is 10.3. The Balaban J connectivity index is 1.94. The van der Waals surface area contributed by atoms with E-state index in [-0.39, 0.29) is 0 Å². The molecule has 2 heterocycles. The van der Waals surface area contributed by atoms with Crippen molar-refractivity contribution >= 4 is 11.3 Å². The Hall–Kier alpha value is -0.490. The lowest BCUT2D eigenvalue weighted by Crippen LogP contribution is -2.46. The summed E-state index contributed by atoms with van der Waals surface area (Å²) in [4.78, 5) is 8.18. The lowest BCUT2D eigenvalue weighted by molar-refractivity contribution is -0.00130. The molecule has 0 spiro atoms. The topological polar surface area (TPSA) is 37.4 Å². The van der Waals surface area contributed by atoms with E-state index in [1.807, 2.05) is 5.51 Å². The molecule has 0 radical (unpaired) electrons. The number of hydrogen-bond donors (Lipinski definition) is 1. The van der Waals surface area contributed by atoms with Crippen molar-refractivity contribution in [2.45, 2.75) is 33.2 Å². The van der Waals surface area contributed by atoms with Crippen LogP contribution in [-0.2, 0) is 11.3 Å². The zero-order chi connectivity index (χ0) is 14.4. The number of nitrogens with zero attached hydrogens (tertiary/aromatic N) is 2. The number of rotatable bonds is 7. The van der Waals surface area contributed by atoms with E-state index in [1.165, 1.54) is 10.6 Å². The molecule has 5 heteroatoms. The molecule has 0 amide bonds. The Morgan fingerprint density at radius 2 is 2.20 bits per heavy atom. The fourth-order valence-corrected chi connectivity index (χ4v) is 3.79. The zero-order valence-electron chi connectivity index (χ0n) is 12.9. The SMILES string of the molecule is CCNCC1(CN(C)Cc2scnc2C)CCOCC1. The molecule has 2 rings (SSSR count). The first-order valence-electron chi connectivity index (χ1n) is 7.51. The number of aryl methyl sites for hydroxylation is 1. The van der Waals surface area contributed by atoms with Crippen molar-refractivity contribution in [1.29, 1.82) is 0 Å². The number of aromatic nitrogens is 1. The summed E-state index contributed by atoms with van der Waals surface area (Å²) < 4.78 is 5.56. The Kier molecular flexibility index (Phi) is 5.96. The average Bonchev–Trinajstić information content (AvgIpc) is 2.83. The molecule has 1 fully saturated rings. The van der Waals surface area contributed by atoms with Crippen molar-refractivity contribution in [2.24, 2.45) is 5.41 Å².